The summed E-state index contributed by atoms with van der Waals surface area (Å²) >= 11 is 0. The number of aliphatic carboxylic acids is 1. The molecule has 16 heavy (non-hydrogen) atoms. The van der Waals surface area contributed by atoms with Gasteiger partial charge in [0.05, 0.1) is 12.5 Å². The first-order valence-electron chi connectivity index (χ1n) is 5.17. The van der Waals surface area contributed by atoms with Crippen LogP contribution in [0, 0.1) is 5.82 Å². The van der Waals surface area contributed by atoms with E-state index in [1.165, 1.54) is 25.3 Å². The molecule has 1 aromatic rings. The average molecular weight is 224 g/mol. The van der Waals surface area contributed by atoms with Crippen LogP contribution in [0.25, 0.3) is 0 Å². The third-order valence-corrected chi connectivity index (χ3v) is 3.29. The second-order valence-electron chi connectivity index (χ2n) is 4.09. The summed E-state index contributed by atoms with van der Waals surface area (Å²) in [6.45, 7) is 0. The number of halogens is 1. The van der Waals surface area contributed by atoms with Crippen molar-refractivity contribution in [1.82, 2.24) is 0 Å². The van der Waals surface area contributed by atoms with Gasteiger partial charge in [-0.1, -0.05) is 6.42 Å². The Morgan fingerprint density at radius 2 is 2.19 bits per heavy atom. The molecule has 1 aliphatic carbocycles. The molecule has 1 fully saturated rings. The van der Waals surface area contributed by atoms with Crippen molar-refractivity contribution in [1.29, 1.82) is 0 Å². The molecule has 1 aromatic carbocycles. The van der Waals surface area contributed by atoms with Crippen molar-refractivity contribution in [3.63, 3.8) is 0 Å². The smallest absolute Gasteiger partial charge is 0.314 e. The zero-order valence-corrected chi connectivity index (χ0v) is 9.00. The Labute approximate surface area is 92.9 Å². The summed E-state index contributed by atoms with van der Waals surface area (Å²) in [7, 11) is 1.46. The molecule has 1 aliphatic rings. The molecule has 0 unspecified atom stereocenters. The fourth-order valence-electron chi connectivity index (χ4n) is 2.18. The molecule has 0 heterocycles. The summed E-state index contributed by atoms with van der Waals surface area (Å²) in [5.41, 5.74) is -0.498. The van der Waals surface area contributed by atoms with Gasteiger partial charge in [-0.05, 0) is 31.0 Å². The zero-order chi connectivity index (χ0) is 11.8. The first-order chi connectivity index (χ1) is 7.60. The Balaban J connectivity index is 2.52. The van der Waals surface area contributed by atoms with E-state index in [1.807, 2.05) is 0 Å². The quantitative estimate of drug-likeness (QED) is 0.857. The van der Waals surface area contributed by atoms with Crippen molar-refractivity contribution < 1.29 is 19.0 Å². The van der Waals surface area contributed by atoms with Crippen LogP contribution in [0.4, 0.5) is 4.39 Å². The van der Waals surface area contributed by atoms with Gasteiger partial charge in [-0.15, -0.1) is 0 Å². The van der Waals surface area contributed by atoms with E-state index < -0.39 is 17.2 Å². The van der Waals surface area contributed by atoms with Gasteiger partial charge >= 0.3 is 5.97 Å². The van der Waals surface area contributed by atoms with Crippen LogP contribution < -0.4 is 4.74 Å². The lowest BCUT2D eigenvalue weighted by molar-refractivity contribution is -0.147. The molecule has 0 bridgehead atoms. The lowest BCUT2D eigenvalue weighted by atomic mass is 9.64. The topological polar surface area (TPSA) is 46.5 Å². The van der Waals surface area contributed by atoms with Crippen molar-refractivity contribution >= 4 is 5.97 Å². The number of hydrogen-bond acceptors (Lipinski definition) is 2. The minimum Gasteiger partial charge on any atom is -0.496 e. The number of methoxy groups -OCH3 is 1. The molecule has 4 heteroatoms. The summed E-state index contributed by atoms with van der Waals surface area (Å²) < 4.78 is 18.3. The van der Waals surface area contributed by atoms with Gasteiger partial charge in [-0.2, -0.15) is 0 Å². The number of hydrogen-bond donors (Lipinski definition) is 1. The predicted octanol–water partition coefficient (Wildman–Crippen LogP) is 2.34. The van der Waals surface area contributed by atoms with E-state index in [-0.39, 0.29) is 0 Å². The fraction of sp³-hybridized carbons (Fsp3) is 0.417. The van der Waals surface area contributed by atoms with Crippen LogP contribution in [0.15, 0.2) is 18.2 Å². The molecule has 1 N–H and O–H groups in total. The summed E-state index contributed by atoms with van der Waals surface area (Å²) in [5.74, 6) is -0.880. The number of benzene rings is 1. The highest BCUT2D eigenvalue weighted by molar-refractivity contribution is 5.83. The fourth-order valence-corrected chi connectivity index (χ4v) is 2.18. The van der Waals surface area contributed by atoms with Crippen LogP contribution in [0.3, 0.4) is 0 Å². The maximum atomic E-state index is 13.2. The summed E-state index contributed by atoms with van der Waals surface area (Å²) in [4.78, 5) is 11.3. The van der Waals surface area contributed by atoms with Crippen LogP contribution in [0.2, 0.25) is 0 Å². The second kappa shape index (κ2) is 3.77. The standard InChI is InChI=1S/C12H13FO3/c1-16-10-4-3-8(13)7-9(10)12(11(14)15)5-2-6-12/h3-4,7H,2,5-6H2,1H3,(H,14,15). The van der Waals surface area contributed by atoms with Crippen LogP contribution in [-0.2, 0) is 10.2 Å². The Morgan fingerprint density at radius 3 is 2.62 bits per heavy atom. The molecule has 1 saturated carbocycles. The SMILES string of the molecule is COc1ccc(F)cc1C1(C(=O)O)CCC1. The summed E-state index contributed by atoms with van der Waals surface area (Å²) in [6.07, 6.45) is 1.94. The maximum absolute atomic E-state index is 13.2. The normalized spacial score (nSPS) is 17.6. The summed E-state index contributed by atoms with van der Waals surface area (Å²) in [6, 6.07) is 4.02. The molecule has 0 radical (unpaired) electrons. The molecule has 2 rings (SSSR count). The Bertz CT molecular complexity index is 424. The van der Waals surface area contributed by atoms with Crippen LogP contribution >= 0.6 is 0 Å². The van der Waals surface area contributed by atoms with Gasteiger partial charge in [-0.3, -0.25) is 4.79 Å². The van der Waals surface area contributed by atoms with Gasteiger partial charge in [0.2, 0.25) is 0 Å². The minimum atomic E-state index is -0.951. The largest absolute Gasteiger partial charge is 0.496 e. The van der Waals surface area contributed by atoms with Gasteiger partial charge < -0.3 is 9.84 Å². The molecule has 86 valence electrons. The molecule has 0 spiro atoms. The highest BCUT2D eigenvalue weighted by atomic mass is 19.1. The van der Waals surface area contributed by atoms with Crippen molar-refractivity contribution in [2.75, 3.05) is 7.11 Å². The molecule has 0 aromatic heterocycles. The number of carboxylic acids is 1. The van der Waals surface area contributed by atoms with Gasteiger partial charge in [0.15, 0.2) is 0 Å². The van der Waals surface area contributed by atoms with E-state index in [4.69, 9.17) is 4.74 Å². The van der Waals surface area contributed by atoms with Crippen LogP contribution in [-0.4, -0.2) is 18.2 Å². The zero-order valence-electron chi connectivity index (χ0n) is 9.00. The average Bonchev–Trinajstić information content (AvgIpc) is 2.15. The Kier molecular flexibility index (Phi) is 2.58. The van der Waals surface area contributed by atoms with Gasteiger partial charge in [-0.25, -0.2) is 4.39 Å². The first kappa shape index (κ1) is 10.9. The van der Waals surface area contributed by atoms with Gasteiger partial charge in [0, 0.05) is 5.56 Å². The minimum absolute atomic E-state index is 0.427. The van der Waals surface area contributed by atoms with Crippen molar-refractivity contribution in [3.05, 3.63) is 29.6 Å². The number of carboxylic acid groups (broad SMARTS) is 1. The van der Waals surface area contributed by atoms with Crippen LogP contribution in [0.1, 0.15) is 24.8 Å². The van der Waals surface area contributed by atoms with Gasteiger partial charge in [0.1, 0.15) is 11.6 Å². The van der Waals surface area contributed by atoms with Crippen LogP contribution in [0.5, 0.6) is 5.75 Å². The first-order valence-corrected chi connectivity index (χ1v) is 5.17. The molecule has 3 nitrogen and oxygen atoms in total. The number of carbonyl (C=O) groups is 1. The van der Waals surface area contributed by atoms with E-state index in [2.05, 4.69) is 0 Å². The highest BCUT2D eigenvalue weighted by Crippen LogP contribution is 2.47. The number of ether oxygens (including phenoxy) is 1. The molecule has 0 atom stereocenters. The van der Waals surface area contributed by atoms with Crippen molar-refractivity contribution in [2.24, 2.45) is 0 Å². The van der Waals surface area contributed by atoms with E-state index >= 15 is 0 Å². The monoisotopic (exact) mass is 224 g/mol. The Morgan fingerprint density at radius 1 is 1.50 bits per heavy atom. The Hall–Kier alpha value is -1.58. The third-order valence-electron chi connectivity index (χ3n) is 3.29. The predicted molar refractivity (Wildman–Crippen MR) is 56.1 cm³/mol. The van der Waals surface area contributed by atoms with E-state index in [0.29, 0.717) is 24.2 Å². The second-order valence-corrected chi connectivity index (χ2v) is 4.09. The molecule has 0 amide bonds. The molecule has 0 saturated heterocycles. The summed E-state index contributed by atoms with van der Waals surface area (Å²) in [5, 5.41) is 9.27. The lowest BCUT2D eigenvalue weighted by Crippen LogP contribution is -2.42. The lowest BCUT2D eigenvalue weighted by Gasteiger charge is -2.38. The van der Waals surface area contributed by atoms with E-state index in [1.54, 1.807) is 0 Å². The molecule has 0 aliphatic heterocycles. The highest BCUT2D eigenvalue weighted by Gasteiger charge is 2.47. The maximum Gasteiger partial charge on any atom is 0.314 e. The van der Waals surface area contributed by atoms with Gasteiger partial charge in [0.25, 0.3) is 0 Å². The van der Waals surface area contributed by atoms with E-state index in [9.17, 15) is 14.3 Å². The number of rotatable bonds is 3. The van der Waals surface area contributed by atoms with Crippen molar-refractivity contribution in [3.8, 4) is 5.75 Å². The van der Waals surface area contributed by atoms with Crippen molar-refractivity contribution in [2.45, 2.75) is 24.7 Å². The van der Waals surface area contributed by atoms with E-state index in [0.717, 1.165) is 6.42 Å². The molecular formula is C12H13FO3. The molecular weight excluding hydrogens is 211 g/mol. The third kappa shape index (κ3) is 1.45.